The van der Waals surface area contributed by atoms with Crippen molar-refractivity contribution in [2.75, 3.05) is 0 Å². The molecule has 0 bridgehead atoms. The summed E-state index contributed by atoms with van der Waals surface area (Å²) in [6, 6.07) is 12.7. The SMILES string of the molecule is CC(C)(NC(=O)C(Cc1ccc(CN)cc1)=NC(=O)Cc1ccc(F)cc1)C(N)=O. The van der Waals surface area contributed by atoms with Gasteiger partial charge in [-0.3, -0.25) is 14.4 Å². The van der Waals surface area contributed by atoms with E-state index in [1.54, 1.807) is 12.1 Å². The van der Waals surface area contributed by atoms with Crippen LogP contribution in [0.15, 0.2) is 53.5 Å². The number of aliphatic imine (C=N–C) groups is 1. The second-order valence-electron chi connectivity index (χ2n) is 7.40. The standard InChI is InChI=1S/C22H25FN4O3/c1-22(2,21(25)30)27-20(29)18(11-14-3-5-16(13-24)6-4-14)26-19(28)12-15-7-9-17(23)10-8-15/h3-10H,11-13,24H2,1-2H3,(H2,25,30)(H,27,29). The molecule has 5 N–H and O–H groups in total. The van der Waals surface area contributed by atoms with Gasteiger partial charge in [0, 0.05) is 13.0 Å². The molecule has 0 fully saturated rings. The van der Waals surface area contributed by atoms with Gasteiger partial charge in [-0.25, -0.2) is 9.38 Å². The van der Waals surface area contributed by atoms with Gasteiger partial charge in [-0.2, -0.15) is 0 Å². The van der Waals surface area contributed by atoms with E-state index in [1.165, 1.54) is 38.1 Å². The number of hydrogen-bond donors (Lipinski definition) is 3. The van der Waals surface area contributed by atoms with Gasteiger partial charge >= 0.3 is 0 Å². The van der Waals surface area contributed by atoms with Gasteiger partial charge in [-0.1, -0.05) is 36.4 Å². The average Bonchev–Trinajstić information content (AvgIpc) is 2.69. The van der Waals surface area contributed by atoms with Gasteiger partial charge in [0.1, 0.15) is 17.1 Å². The zero-order valence-electron chi connectivity index (χ0n) is 16.9. The topological polar surface area (TPSA) is 128 Å². The summed E-state index contributed by atoms with van der Waals surface area (Å²) in [7, 11) is 0. The maximum absolute atomic E-state index is 13.0. The maximum Gasteiger partial charge on any atom is 0.266 e. The van der Waals surface area contributed by atoms with Crippen LogP contribution in [0.25, 0.3) is 0 Å². The molecule has 0 saturated carbocycles. The molecule has 2 aromatic rings. The Kier molecular flexibility index (Phi) is 7.54. The van der Waals surface area contributed by atoms with E-state index in [2.05, 4.69) is 10.3 Å². The summed E-state index contributed by atoms with van der Waals surface area (Å²) in [6.07, 6.45) is -0.0247. The number of primary amides is 1. The lowest BCUT2D eigenvalue weighted by Gasteiger charge is -2.22. The van der Waals surface area contributed by atoms with Crippen LogP contribution in [0.4, 0.5) is 4.39 Å². The monoisotopic (exact) mass is 412 g/mol. The second-order valence-corrected chi connectivity index (χ2v) is 7.40. The van der Waals surface area contributed by atoms with E-state index in [4.69, 9.17) is 11.5 Å². The van der Waals surface area contributed by atoms with Crippen LogP contribution in [-0.2, 0) is 33.8 Å². The van der Waals surface area contributed by atoms with E-state index < -0.39 is 29.1 Å². The van der Waals surface area contributed by atoms with Crippen molar-refractivity contribution in [1.82, 2.24) is 5.32 Å². The lowest BCUT2D eigenvalue weighted by Crippen LogP contribution is -2.55. The number of hydrogen-bond acceptors (Lipinski definition) is 4. The fraction of sp³-hybridized carbons (Fsp3) is 0.273. The zero-order chi connectivity index (χ0) is 22.3. The van der Waals surface area contributed by atoms with Crippen molar-refractivity contribution in [3.8, 4) is 0 Å². The highest BCUT2D eigenvalue weighted by molar-refractivity contribution is 6.41. The number of halogens is 1. The molecule has 0 radical (unpaired) electrons. The highest BCUT2D eigenvalue weighted by atomic mass is 19.1. The Morgan fingerprint density at radius 2 is 1.43 bits per heavy atom. The van der Waals surface area contributed by atoms with E-state index in [1.807, 2.05) is 12.1 Å². The van der Waals surface area contributed by atoms with E-state index in [-0.39, 0.29) is 18.6 Å². The summed E-state index contributed by atoms with van der Waals surface area (Å²) < 4.78 is 13.0. The molecule has 0 aliphatic heterocycles. The van der Waals surface area contributed by atoms with Crippen LogP contribution in [0, 0.1) is 5.82 Å². The molecule has 158 valence electrons. The number of benzene rings is 2. The van der Waals surface area contributed by atoms with E-state index in [0.717, 1.165) is 11.1 Å². The Balaban J connectivity index is 2.26. The van der Waals surface area contributed by atoms with Crippen molar-refractivity contribution in [3.63, 3.8) is 0 Å². The molecular formula is C22H25FN4O3. The summed E-state index contributed by atoms with van der Waals surface area (Å²) >= 11 is 0. The molecule has 0 heterocycles. The number of nitrogens with one attached hydrogen (secondary N) is 1. The number of rotatable bonds is 8. The first-order valence-corrected chi connectivity index (χ1v) is 9.36. The minimum atomic E-state index is -1.32. The molecule has 0 aliphatic rings. The molecule has 7 nitrogen and oxygen atoms in total. The molecule has 0 unspecified atom stereocenters. The zero-order valence-corrected chi connectivity index (χ0v) is 16.9. The molecule has 8 heteroatoms. The van der Waals surface area contributed by atoms with Gasteiger partial charge in [0.15, 0.2) is 0 Å². The predicted octanol–water partition coefficient (Wildman–Crippen LogP) is 1.42. The highest BCUT2D eigenvalue weighted by Crippen LogP contribution is 2.09. The van der Waals surface area contributed by atoms with Crippen LogP contribution in [0.2, 0.25) is 0 Å². The van der Waals surface area contributed by atoms with Gasteiger partial charge in [0.05, 0.1) is 6.42 Å². The molecule has 30 heavy (non-hydrogen) atoms. The average molecular weight is 412 g/mol. The summed E-state index contributed by atoms with van der Waals surface area (Å²) in [4.78, 5) is 40.7. The van der Waals surface area contributed by atoms with Gasteiger partial charge < -0.3 is 16.8 Å². The van der Waals surface area contributed by atoms with Crippen LogP contribution in [0.1, 0.15) is 30.5 Å². The minimum Gasteiger partial charge on any atom is -0.368 e. The lowest BCUT2D eigenvalue weighted by molar-refractivity contribution is -0.127. The van der Waals surface area contributed by atoms with Gasteiger partial charge in [-0.15, -0.1) is 0 Å². The summed E-state index contributed by atoms with van der Waals surface area (Å²) in [5.74, 6) is -2.37. The molecule has 3 amide bonds. The first kappa shape index (κ1) is 22.9. The Labute approximate surface area is 174 Å². The molecular weight excluding hydrogens is 387 g/mol. The number of amides is 3. The fourth-order valence-electron chi connectivity index (χ4n) is 2.54. The smallest absolute Gasteiger partial charge is 0.266 e. The third kappa shape index (κ3) is 6.59. The van der Waals surface area contributed by atoms with E-state index in [0.29, 0.717) is 12.1 Å². The number of carbonyl (C=O) groups excluding carboxylic acids is 3. The lowest BCUT2D eigenvalue weighted by atomic mass is 10.0. The van der Waals surface area contributed by atoms with E-state index in [9.17, 15) is 18.8 Å². The molecule has 2 aromatic carbocycles. The maximum atomic E-state index is 13.0. The Bertz CT molecular complexity index is 951. The second kappa shape index (κ2) is 9.89. The minimum absolute atomic E-state index is 0.0584. The van der Waals surface area contributed by atoms with Gasteiger partial charge in [0.2, 0.25) is 5.91 Å². The van der Waals surface area contributed by atoms with Crippen molar-refractivity contribution < 1.29 is 18.8 Å². The quantitative estimate of drug-likeness (QED) is 0.567. The Hall–Kier alpha value is -3.39. The summed E-state index contributed by atoms with van der Waals surface area (Å²) in [5, 5.41) is 2.51. The van der Waals surface area contributed by atoms with Crippen molar-refractivity contribution >= 4 is 23.4 Å². The number of carbonyl (C=O) groups is 3. The number of nitrogens with zero attached hydrogens (tertiary/aromatic N) is 1. The van der Waals surface area contributed by atoms with Gasteiger partial charge in [-0.05, 0) is 42.7 Å². The summed E-state index contributed by atoms with van der Waals surface area (Å²) in [6.45, 7) is 3.30. The van der Waals surface area contributed by atoms with Crippen molar-refractivity contribution in [2.24, 2.45) is 16.5 Å². The van der Waals surface area contributed by atoms with Gasteiger partial charge in [0.25, 0.3) is 11.8 Å². The van der Waals surface area contributed by atoms with Crippen molar-refractivity contribution in [1.29, 1.82) is 0 Å². The van der Waals surface area contributed by atoms with Crippen LogP contribution in [0.5, 0.6) is 0 Å². The van der Waals surface area contributed by atoms with Crippen LogP contribution >= 0.6 is 0 Å². The highest BCUT2D eigenvalue weighted by Gasteiger charge is 2.29. The van der Waals surface area contributed by atoms with E-state index >= 15 is 0 Å². The first-order valence-electron chi connectivity index (χ1n) is 9.36. The molecule has 0 aliphatic carbocycles. The summed E-state index contributed by atoms with van der Waals surface area (Å²) in [5.41, 5.74) is 11.8. The van der Waals surface area contributed by atoms with Crippen molar-refractivity contribution in [3.05, 3.63) is 71.0 Å². The first-order chi connectivity index (χ1) is 14.1. The fourth-order valence-corrected chi connectivity index (χ4v) is 2.54. The third-order valence-electron chi connectivity index (χ3n) is 4.46. The molecule has 2 rings (SSSR count). The van der Waals surface area contributed by atoms with Crippen LogP contribution < -0.4 is 16.8 Å². The Morgan fingerprint density at radius 1 is 0.933 bits per heavy atom. The largest absolute Gasteiger partial charge is 0.368 e. The molecule has 0 saturated heterocycles. The van der Waals surface area contributed by atoms with Crippen LogP contribution in [-0.4, -0.2) is 29.0 Å². The Morgan fingerprint density at radius 3 is 1.97 bits per heavy atom. The predicted molar refractivity (Wildman–Crippen MR) is 112 cm³/mol. The molecule has 0 spiro atoms. The molecule has 0 atom stereocenters. The molecule has 0 aromatic heterocycles. The van der Waals surface area contributed by atoms with Crippen LogP contribution in [0.3, 0.4) is 0 Å². The normalized spacial score (nSPS) is 11.8. The third-order valence-corrected chi connectivity index (χ3v) is 4.46. The number of nitrogens with two attached hydrogens (primary N) is 2. The van der Waals surface area contributed by atoms with Crippen molar-refractivity contribution in [2.45, 2.75) is 38.8 Å².